The number of hydrogen-bond donors (Lipinski definition) is 0. The van der Waals surface area contributed by atoms with E-state index in [9.17, 15) is 0 Å². The molecule has 0 unspecified atom stereocenters. The van der Waals surface area contributed by atoms with Gasteiger partial charge < -0.3 is 18.3 Å². The van der Waals surface area contributed by atoms with Crippen LogP contribution in [0.25, 0.3) is 133 Å². The van der Waals surface area contributed by atoms with Crippen molar-refractivity contribution in [2.45, 2.75) is 0 Å². The summed E-state index contributed by atoms with van der Waals surface area (Å²) in [6.45, 7) is 0.0818. The van der Waals surface area contributed by atoms with Gasteiger partial charge in [-0.25, -0.2) is 9.97 Å². The van der Waals surface area contributed by atoms with E-state index < -0.39 is 0 Å². The molecule has 18 rings (SSSR count). The lowest BCUT2D eigenvalue weighted by molar-refractivity contribution is 0.464. The Morgan fingerprint density at radius 1 is 0.225 bits per heavy atom. The largest absolute Gasteiger partial charge is 0.458 e. The highest BCUT2D eigenvalue weighted by molar-refractivity contribution is 6.98. The van der Waals surface area contributed by atoms with Gasteiger partial charge in [0.1, 0.15) is 45.3 Å². The number of fused-ring (bicyclic) bond motifs is 10. The maximum atomic E-state index is 6.41. The van der Waals surface area contributed by atoms with Gasteiger partial charge in [-0.1, -0.05) is 224 Å². The maximum Gasteiger partial charge on any atom is 0.260 e. The van der Waals surface area contributed by atoms with Crippen LogP contribution in [-0.4, -0.2) is 16.7 Å². The van der Waals surface area contributed by atoms with Gasteiger partial charge in [0.2, 0.25) is 0 Å². The molecular formula is C82H51BN2O4. The first-order chi connectivity index (χ1) is 44.0. The fraction of sp³-hybridized carbons (Fsp3) is 0. The third-order valence-electron chi connectivity index (χ3n) is 17.3. The number of aromatic nitrogens is 2. The molecule has 0 N–H and O–H groups in total. The number of benzene rings is 13. The zero-order valence-electron chi connectivity index (χ0n) is 48.0. The highest BCUT2D eigenvalue weighted by atomic mass is 16.5. The lowest BCUT2D eigenvalue weighted by atomic mass is 9.35. The van der Waals surface area contributed by atoms with Crippen LogP contribution in [-0.2, 0) is 0 Å². The molecule has 0 spiro atoms. The number of para-hydroxylation sites is 2. The minimum absolute atomic E-state index is 0.0818. The third kappa shape index (κ3) is 9.50. The van der Waals surface area contributed by atoms with Gasteiger partial charge in [-0.2, -0.15) is 0 Å². The molecule has 7 heteroatoms. The number of rotatable bonds is 8. The van der Waals surface area contributed by atoms with E-state index in [0.29, 0.717) is 5.82 Å². The second-order valence-corrected chi connectivity index (χ2v) is 22.7. The Labute approximate surface area is 514 Å². The summed E-state index contributed by atoms with van der Waals surface area (Å²) in [4.78, 5) is 10.4. The molecular weight excluding hydrogens is 1090 g/mol. The van der Waals surface area contributed by atoms with Crippen molar-refractivity contribution in [2.24, 2.45) is 0 Å². The second-order valence-electron chi connectivity index (χ2n) is 22.7. The molecule has 0 radical (unpaired) electrons. The fourth-order valence-electron chi connectivity index (χ4n) is 12.9. The topological polar surface area (TPSA) is 70.5 Å². The zero-order chi connectivity index (χ0) is 58.8. The zero-order valence-corrected chi connectivity index (χ0v) is 48.0. The molecule has 0 saturated carbocycles. The smallest absolute Gasteiger partial charge is 0.260 e. The second kappa shape index (κ2) is 21.6. The molecule has 3 aromatic heterocycles. The summed E-state index contributed by atoms with van der Waals surface area (Å²) in [5, 5.41) is 4.38. The standard InChI is InChI=1S/C52H32N2O2.C30H19BO2/c1-3-11-33(12-4-1)34-19-21-35(22-20-34)46-32-47(54-52(53-46)36-13-5-2-6-14-36)41-28-39(37-23-25-50-44(30-37)42-15-7-9-17-48(42)55-50)27-40(29-41)38-24-26-51-45(31-38)43-16-8-10-18-49(43)56-51;1-3-8-20(9-4-1)22-14-16-24-28(18-22)32-26-12-7-13-27-30(26)31(24)25-17-15-23(19-29(25)33-27)21-10-5-2-6-11-21/h1-32H;1-19H. The maximum absolute atomic E-state index is 6.41. The Kier molecular flexibility index (Phi) is 12.5. The Morgan fingerprint density at radius 3 is 1.10 bits per heavy atom. The average Bonchev–Trinajstić information content (AvgIpc) is 1.67. The van der Waals surface area contributed by atoms with Crippen LogP contribution in [0.3, 0.4) is 0 Å². The van der Waals surface area contributed by atoms with E-state index in [1.165, 1.54) is 27.6 Å². The van der Waals surface area contributed by atoms with Crippen molar-refractivity contribution in [3.8, 4) is 113 Å². The van der Waals surface area contributed by atoms with Crippen LogP contribution in [0.5, 0.6) is 23.0 Å². The molecule has 2 aliphatic heterocycles. The van der Waals surface area contributed by atoms with E-state index in [2.05, 4.69) is 231 Å². The van der Waals surface area contributed by atoms with Crippen molar-refractivity contribution in [2.75, 3.05) is 0 Å². The molecule has 0 bridgehead atoms. The third-order valence-corrected chi connectivity index (χ3v) is 17.3. The molecule has 0 saturated heterocycles. The molecule has 0 atom stereocenters. The van der Waals surface area contributed by atoms with Gasteiger partial charge >= 0.3 is 0 Å². The molecule has 16 aromatic rings. The van der Waals surface area contributed by atoms with E-state index in [0.717, 1.165) is 139 Å². The minimum Gasteiger partial charge on any atom is -0.458 e. The van der Waals surface area contributed by atoms with Crippen LogP contribution < -0.4 is 25.9 Å². The fourth-order valence-corrected chi connectivity index (χ4v) is 12.9. The molecule has 13 aromatic carbocycles. The Bertz CT molecular complexity index is 5130. The first-order valence-corrected chi connectivity index (χ1v) is 30.0. The van der Waals surface area contributed by atoms with Gasteiger partial charge in [-0.15, -0.1) is 0 Å². The van der Waals surface area contributed by atoms with Crippen molar-refractivity contribution in [1.29, 1.82) is 0 Å². The predicted molar refractivity (Wildman–Crippen MR) is 364 cm³/mol. The summed E-state index contributed by atoms with van der Waals surface area (Å²) in [6, 6.07) is 108. The van der Waals surface area contributed by atoms with E-state index >= 15 is 0 Å². The number of ether oxygens (including phenoxy) is 2. The Balaban J connectivity index is 0.000000157. The number of furan rings is 2. The summed E-state index contributed by atoms with van der Waals surface area (Å²) < 4.78 is 25.3. The average molecular weight is 1140 g/mol. The van der Waals surface area contributed by atoms with Gasteiger partial charge in [-0.3, -0.25) is 0 Å². The number of nitrogens with zero attached hydrogens (tertiary/aromatic N) is 2. The molecule has 2 aliphatic rings. The van der Waals surface area contributed by atoms with Crippen molar-refractivity contribution in [1.82, 2.24) is 9.97 Å². The van der Waals surface area contributed by atoms with Crippen LogP contribution in [0.2, 0.25) is 0 Å². The molecule has 5 heterocycles. The minimum atomic E-state index is 0.0818. The van der Waals surface area contributed by atoms with E-state index in [-0.39, 0.29) is 6.71 Å². The van der Waals surface area contributed by atoms with E-state index in [4.69, 9.17) is 28.3 Å². The molecule has 0 fully saturated rings. The lowest BCUT2D eigenvalue weighted by Gasteiger charge is -2.33. The monoisotopic (exact) mass is 1140 g/mol. The first-order valence-electron chi connectivity index (χ1n) is 30.0. The normalized spacial score (nSPS) is 12.0. The summed E-state index contributed by atoms with van der Waals surface area (Å²) >= 11 is 0. The van der Waals surface area contributed by atoms with Crippen LogP contribution in [0.4, 0.5) is 0 Å². The van der Waals surface area contributed by atoms with Crippen molar-refractivity contribution < 1.29 is 18.3 Å². The quantitative estimate of drug-likeness (QED) is 0.141. The van der Waals surface area contributed by atoms with Gasteiger partial charge in [0.05, 0.1) is 11.4 Å². The number of hydrogen-bond acceptors (Lipinski definition) is 6. The summed E-state index contributed by atoms with van der Waals surface area (Å²) in [6.07, 6.45) is 0. The van der Waals surface area contributed by atoms with Crippen LogP contribution in [0, 0.1) is 0 Å². The van der Waals surface area contributed by atoms with Crippen LogP contribution in [0.1, 0.15) is 0 Å². The Morgan fingerprint density at radius 2 is 0.596 bits per heavy atom. The molecule has 416 valence electrons. The summed E-state index contributed by atoms with van der Waals surface area (Å²) in [5.41, 5.74) is 23.0. The van der Waals surface area contributed by atoms with Gasteiger partial charge in [0.25, 0.3) is 6.71 Å². The summed E-state index contributed by atoms with van der Waals surface area (Å²) in [7, 11) is 0. The van der Waals surface area contributed by atoms with Crippen molar-refractivity contribution in [3.63, 3.8) is 0 Å². The van der Waals surface area contributed by atoms with E-state index in [1.807, 2.05) is 78.9 Å². The molecule has 0 amide bonds. The SMILES string of the molecule is c1ccc(-c2ccc(-c3cc(-c4cc(-c5ccc6oc7ccccc7c6c5)cc(-c5ccc6oc7ccccc7c6c5)c4)nc(-c4ccccc4)n3)cc2)cc1.c1ccc(-c2ccc3c(c2)Oc2cccc4c2B3c2ccc(-c3ccccc3)cc2O4)cc1. The highest BCUT2D eigenvalue weighted by Gasteiger charge is 2.40. The van der Waals surface area contributed by atoms with Crippen molar-refractivity contribution >= 4 is 67.0 Å². The van der Waals surface area contributed by atoms with Gasteiger partial charge in [-0.05, 0) is 151 Å². The summed E-state index contributed by atoms with van der Waals surface area (Å²) in [5.74, 6) is 4.23. The van der Waals surface area contributed by atoms with Crippen LogP contribution >= 0.6 is 0 Å². The van der Waals surface area contributed by atoms with Crippen molar-refractivity contribution in [3.05, 3.63) is 309 Å². The molecule has 0 aliphatic carbocycles. The predicted octanol–water partition coefficient (Wildman–Crippen LogP) is 20.0. The van der Waals surface area contributed by atoms with Crippen LogP contribution in [0.15, 0.2) is 318 Å². The van der Waals surface area contributed by atoms with Gasteiger partial charge in [0.15, 0.2) is 5.82 Å². The molecule has 6 nitrogen and oxygen atoms in total. The Hall–Kier alpha value is -11.8. The molecule has 89 heavy (non-hydrogen) atoms. The first kappa shape index (κ1) is 51.6. The lowest BCUT2D eigenvalue weighted by Crippen LogP contribution is -2.57. The highest BCUT2D eigenvalue weighted by Crippen LogP contribution is 2.41. The van der Waals surface area contributed by atoms with Gasteiger partial charge in [0, 0.05) is 43.7 Å². The van der Waals surface area contributed by atoms with E-state index in [1.54, 1.807) is 0 Å².